The third-order valence-electron chi connectivity index (χ3n) is 3.62. The molecule has 132 valence electrons. The molecular weight excluding hydrogens is 342 g/mol. The summed E-state index contributed by atoms with van der Waals surface area (Å²) in [6.45, 7) is -0.457. The summed E-state index contributed by atoms with van der Waals surface area (Å²) in [6, 6.07) is 10.8. The Hall–Kier alpha value is -3.75. The second-order valence-corrected chi connectivity index (χ2v) is 5.24. The maximum atomic E-state index is 12.2. The zero-order valence-electron chi connectivity index (χ0n) is 13.6. The van der Waals surface area contributed by atoms with Crippen LogP contribution in [0.3, 0.4) is 0 Å². The molecule has 9 nitrogen and oxygen atoms in total. The summed E-state index contributed by atoms with van der Waals surface area (Å²) in [5, 5.41) is 11.7. The monoisotopic (exact) mass is 355 g/mol. The Morgan fingerprint density at radius 1 is 1.27 bits per heavy atom. The van der Waals surface area contributed by atoms with E-state index in [4.69, 9.17) is 4.74 Å². The molecule has 9 heteroatoms. The van der Waals surface area contributed by atoms with Gasteiger partial charge in [-0.15, -0.1) is 0 Å². The molecule has 0 aliphatic heterocycles. The van der Waals surface area contributed by atoms with Gasteiger partial charge in [0.1, 0.15) is 5.82 Å². The lowest BCUT2D eigenvalue weighted by Gasteiger charge is -2.08. The van der Waals surface area contributed by atoms with Gasteiger partial charge in [0.25, 0.3) is 5.56 Å². The van der Waals surface area contributed by atoms with E-state index < -0.39 is 17.5 Å². The molecule has 0 saturated heterocycles. The molecule has 2 aromatic carbocycles. The summed E-state index contributed by atoms with van der Waals surface area (Å²) in [6.07, 6.45) is 0. The Morgan fingerprint density at radius 2 is 2.04 bits per heavy atom. The number of hydrogen-bond acceptors (Lipinski definition) is 7. The van der Waals surface area contributed by atoms with E-state index >= 15 is 0 Å². The first kappa shape index (κ1) is 17.1. The average molecular weight is 355 g/mol. The largest absolute Gasteiger partial charge is 0.475 e. The average Bonchev–Trinajstić information content (AvgIpc) is 2.65. The minimum atomic E-state index is -0.663. The molecule has 3 rings (SSSR count). The van der Waals surface area contributed by atoms with Gasteiger partial charge in [0.05, 0.1) is 22.9 Å². The number of para-hydroxylation sites is 1. The Kier molecular flexibility index (Phi) is 4.61. The molecule has 0 saturated carbocycles. The van der Waals surface area contributed by atoms with Gasteiger partial charge in [0.15, 0.2) is 12.4 Å². The fourth-order valence-corrected chi connectivity index (χ4v) is 2.35. The molecule has 0 aliphatic carbocycles. The van der Waals surface area contributed by atoms with Gasteiger partial charge in [-0.05, 0) is 24.3 Å². The molecule has 1 aromatic heterocycles. The van der Waals surface area contributed by atoms with E-state index in [1.165, 1.54) is 25.3 Å². The number of ether oxygens (including phenoxy) is 2. The van der Waals surface area contributed by atoms with Gasteiger partial charge < -0.3 is 14.5 Å². The van der Waals surface area contributed by atoms with Crippen LogP contribution in [0.25, 0.3) is 22.3 Å². The normalized spacial score (nSPS) is 10.5. The van der Waals surface area contributed by atoms with Crippen molar-refractivity contribution in [2.24, 2.45) is 0 Å². The number of hydrogen-bond donors (Lipinski definition) is 1. The van der Waals surface area contributed by atoms with Crippen LogP contribution in [-0.4, -0.2) is 34.6 Å². The van der Waals surface area contributed by atoms with Gasteiger partial charge in [-0.2, -0.15) is 0 Å². The van der Waals surface area contributed by atoms with Gasteiger partial charge in [-0.1, -0.05) is 12.1 Å². The number of aromatic nitrogens is 2. The van der Waals surface area contributed by atoms with Crippen LogP contribution in [0.5, 0.6) is 5.75 Å². The van der Waals surface area contributed by atoms with E-state index in [-0.39, 0.29) is 22.8 Å². The number of fused-ring (bicyclic) bond motifs is 1. The third kappa shape index (κ3) is 3.36. The number of nitro benzene ring substituents is 1. The number of nitro groups is 1. The van der Waals surface area contributed by atoms with Crippen molar-refractivity contribution in [3.8, 4) is 17.1 Å². The minimum absolute atomic E-state index is 0.0905. The van der Waals surface area contributed by atoms with Crippen LogP contribution in [0.2, 0.25) is 0 Å². The Labute approximate surface area is 146 Å². The number of benzene rings is 2. The highest BCUT2D eigenvalue weighted by molar-refractivity contribution is 5.79. The number of aromatic amines is 1. The fourth-order valence-electron chi connectivity index (χ4n) is 2.35. The number of esters is 1. The maximum absolute atomic E-state index is 12.2. The zero-order valence-corrected chi connectivity index (χ0v) is 13.6. The van der Waals surface area contributed by atoms with E-state index in [2.05, 4.69) is 14.7 Å². The van der Waals surface area contributed by atoms with Crippen molar-refractivity contribution in [3.63, 3.8) is 0 Å². The van der Waals surface area contributed by atoms with Crippen molar-refractivity contribution < 1.29 is 19.2 Å². The summed E-state index contributed by atoms with van der Waals surface area (Å²) in [4.78, 5) is 40.9. The third-order valence-corrected chi connectivity index (χ3v) is 3.62. The quantitative estimate of drug-likeness (QED) is 0.422. The molecule has 0 unspecified atom stereocenters. The summed E-state index contributed by atoms with van der Waals surface area (Å²) < 4.78 is 9.56. The van der Waals surface area contributed by atoms with Crippen molar-refractivity contribution >= 4 is 22.6 Å². The highest BCUT2D eigenvalue weighted by Gasteiger charge is 2.19. The molecule has 1 heterocycles. The van der Waals surface area contributed by atoms with E-state index in [9.17, 15) is 19.7 Å². The van der Waals surface area contributed by atoms with Crippen LogP contribution >= 0.6 is 0 Å². The van der Waals surface area contributed by atoms with Crippen LogP contribution < -0.4 is 10.3 Å². The molecule has 0 amide bonds. The number of nitrogens with zero attached hydrogens (tertiary/aromatic N) is 2. The predicted octanol–water partition coefficient (Wildman–Crippen LogP) is 2.05. The molecular formula is C17H13N3O6. The number of H-pyrrole nitrogens is 1. The number of carbonyl (C=O) groups excluding carboxylic acids is 1. The van der Waals surface area contributed by atoms with Gasteiger partial charge >= 0.3 is 11.7 Å². The number of nitrogens with one attached hydrogen (secondary N) is 1. The Balaban J connectivity index is 2.03. The minimum Gasteiger partial charge on any atom is -0.475 e. The molecule has 0 atom stereocenters. The smallest absolute Gasteiger partial charge is 0.343 e. The molecule has 26 heavy (non-hydrogen) atoms. The van der Waals surface area contributed by atoms with Crippen molar-refractivity contribution in [2.45, 2.75) is 0 Å². The molecule has 0 fully saturated rings. The fraction of sp³-hybridized carbons (Fsp3) is 0.118. The summed E-state index contributed by atoms with van der Waals surface area (Å²) in [5.74, 6) is -0.562. The van der Waals surface area contributed by atoms with E-state index in [1.807, 2.05) is 0 Å². The summed E-state index contributed by atoms with van der Waals surface area (Å²) in [7, 11) is 1.19. The number of methoxy groups -OCH3 is 1. The Bertz CT molecular complexity index is 1060. The van der Waals surface area contributed by atoms with Gasteiger partial charge in [0, 0.05) is 11.6 Å². The van der Waals surface area contributed by atoms with E-state index in [1.54, 1.807) is 24.3 Å². The molecule has 1 N–H and O–H groups in total. The molecule has 0 spiro atoms. The van der Waals surface area contributed by atoms with Crippen LogP contribution in [-0.2, 0) is 9.53 Å². The lowest BCUT2D eigenvalue weighted by molar-refractivity contribution is -0.385. The lowest BCUT2D eigenvalue weighted by Crippen LogP contribution is -2.13. The first-order valence-electron chi connectivity index (χ1n) is 7.47. The topological polar surface area (TPSA) is 124 Å². The second-order valence-electron chi connectivity index (χ2n) is 5.24. The SMILES string of the molecule is COC(=O)COc1ccc(-c2nc3ccccc3c(=O)[nH]2)cc1[N+](=O)[O-]. The number of rotatable bonds is 5. The molecule has 0 radical (unpaired) electrons. The van der Waals surface area contributed by atoms with E-state index in [0.29, 0.717) is 16.5 Å². The maximum Gasteiger partial charge on any atom is 0.343 e. The Morgan fingerprint density at radius 3 is 2.77 bits per heavy atom. The standard InChI is InChI=1S/C17H13N3O6/c1-25-15(21)9-26-14-7-6-10(8-13(14)20(23)24)16-18-12-5-3-2-4-11(12)17(22)19-16/h2-8H,9H2,1H3,(H,18,19,22). The zero-order chi connectivity index (χ0) is 18.7. The van der Waals surface area contributed by atoms with Gasteiger partial charge in [-0.3, -0.25) is 14.9 Å². The predicted molar refractivity (Wildman–Crippen MR) is 92.0 cm³/mol. The van der Waals surface area contributed by atoms with Crippen molar-refractivity contribution in [2.75, 3.05) is 13.7 Å². The number of carbonyl (C=O) groups is 1. The van der Waals surface area contributed by atoms with Crippen molar-refractivity contribution in [3.05, 3.63) is 62.9 Å². The lowest BCUT2D eigenvalue weighted by atomic mass is 10.1. The molecule has 0 bridgehead atoms. The van der Waals surface area contributed by atoms with E-state index in [0.717, 1.165) is 0 Å². The van der Waals surface area contributed by atoms with Crippen LogP contribution in [0.15, 0.2) is 47.3 Å². The highest BCUT2D eigenvalue weighted by Crippen LogP contribution is 2.31. The van der Waals surface area contributed by atoms with Crippen LogP contribution in [0.4, 0.5) is 5.69 Å². The van der Waals surface area contributed by atoms with Crippen molar-refractivity contribution in [1.29, 1.82) is 0 Å². The van der Waals surface area contributed by atoms with Crippen LogP contribution in [0, 0.1) is 10.1 Å². The van der Waals surface area contributed by atoms with Crippen molar-refractivity contribution in [1.82, 2.24) is 9.97 Å². The second kappa shape index (κ2) is 7.01. The molecule has 3 aromatic rings. The molecule has 0 aliphatic rings. The summed E-state index contributed by atoms with van der Waals surface area (Å²) in [5.41, 5.74) is 0.103. The first-order chi connectivity index (χ1) is 12.5. The van der Waals surface area contributed by atoms with Gasteiger partial charge in [-0.25, -0.2) is 9.78 Å². The summed E-state index contributed by atoms with van der Waals surface area (Å²) >= 11 is 0. The van der Waals surface area contributed by atoms with Gasteiger partial charge in [0.2, 0.25) is 0 Å². The van der Waals surface area contributed by atoms with Crippen LogP contribution in [0.1, 0.15) is 0 Å². The first-order valence-corrected chi connectivity index (χ1v) is 7.47. The highest BCUT2D eigenvalue weighted by atomic mass is 16.6.